The van der Waals surface area contributed by atoms with Gasteiger partial charge in [-0.2, -0.15) is 0 Å². The zero-order chi connectivity index (χ0) is 11.7. The summed E-state index contributed by atoms with van der Waals surface area (Å²) in [7, 11) is 0. The van der Waals surface area contributed by atoms with Gasteiger partial charge in [0.05, 0.1) is 5.92 Å². The number of hydrogen-bond donors (Lipinski definition) is 0. The third-order valence-corrected chi connectivity index (χ3v) is 3.70. The number of carbonyl (C=O) groups excluding carboxylic acids is 2. The summed E-state index contributed by atoms with van der Waals surface area (Å²) < 4.78 is 0. The third kappa shape index (κ3) is 6.25. The van der Waals surface area contributed by atoms with Gasteiger partial charge >= 0.3 is 0 Å². The molecular weight excluding hydrogens is 228 g/mol. The smallest absolute Gasteiger partial charge is 0.200 e. The Morgan fingerprint density at radius 3 is 1.80 bits per heavy atom. The monoisotopic (exact) mass is 248 g/mol. The molecule has 0 saturated heterocycles. The van der Waals surface area contributed by atoms with Crippen LogP contribution in [0.25, 0.3) is 0 Å². The van der Waals surface area contributed by atoms with Crippen LogP contribution in [0.2, 0.25) is 0 Å². The van der Waals surface area contributed by atoms with Gasteiger partial charge in [-0.3, -0.25) is 9.59 Å². The molecule has 0 fully saturated rings. The average Bonchev–Trinajstić information content (AvgIpc) is 2.19. The molecule has 15 heavy (non-hydrogen) atoms. The molecule has 0 atom stereocenters. The summed E-state index contributed by atoms with van der Waals surface area (Å²) in [6.07, 6.45) is 2.70. The van der Waals surface area contributed by atoms with Crippen LogP contribution in [0.1, 0.15) is 40.0 Å². The van der Waals surface area contributed by atoms with E-state index in [1.54, 1.807) is 0 Å². The number of hydrogen-bond acceptors (Lipinski definition) is 4. The summed E-state index contributed by atoms with van der Waals surface area (Å²) in [6, 6.07) is 0. The van der Waals surface area contributed by atoms with Crippen molar-refractivity contribution in [3.8, 4) is 0 Å². The van der Waals surface area contributed by atoms with E-state index in [4.69, 9.17) is 0 Å². The van der Waals surface area contributed by atoms with E-state index in [1.807, 2.05) is 13.8 Å². The molecule has 0 aliphatic heterocycles. The van der Waals surface area contributed by atoms with Gasteiger partial charge in [0.2, 0.25) is 0 Å². The molecule has 0 unspecified atom stereocenters. The summed E-state index contributed by atoms with van der Waals surface area (Å²) in [5.41, 5.74) is 0. The van der Waals surface area contributed by atoms with Gasteiger partial charge in [0, 0.05) is 0 Å². The van der Waals surface area contributed by atoms with Gasteiger partial charge < -0.3 is 0 Å². The lowest BCUT2D eigenvalue weighted by molar-refractivity contribution is -0.123. The van der Waals surface area contributed by atoms with Crippen LogP contribution in [0.5, 0.6) is 0 Å². The molecule has 0 bridgehead atoms. The maximum atomic E-state index is 11.7. The van der Waals surface area contributed by atoms with Gasteiger partial charge in [-0.15, -0.1) is 0 Å². The van der Waals surface area contributed by atoms with E-state index < -0.39 is 0 Å². The molecule has 0 heterocycles. The highest BCUT2D eigenvalue weighted by molar-refractivity contribution is 8.15. The number of unbranched alkanes of at least 4 members (excludes halogenated alkanes) is 1. The van der Waals surface area contributed by atoms with Gasteiger partial charge in [-0.1, -0.05) is 57.1 Å². The molecule has 0 amide bonds. The highest BCUT2D eigenvalue weighted by atomic mass is 32.2. The molecule has 4 heteroatoms. The molecule has 0 aromatic rings. The second-order valence-electron chi connectivity index (χ2n) is 3.20. The maximum Gasteiger partial charge on any atom is 0.200 e. The van der Waals surface area contributed by atoms with E-state index in [0.717, 1.165) is 24.3 Å². The summed E-state index contributed by atoms with van der Waals surface area (Å²) in [4.78, 5) is 23.4. The molecule has 0 radical (unpaired) electrons. The largest absolute Gasteiger partial charge is 0.286 e. The molecule has 0 aliphatic carbocycles. The first-order valence-electron chi connectivity index (χ1n) is 5.50. The van der Waals surface area contributed by atoms with Crippen LogP contribution in [0, 0.1) is 5.92 Å². The van der Waals surface area contributed by atoms with Gasteiger partial charge in [0.15, 0.2) is 10.2 Å². The lowest BCUT2D eigenvalue weighted by Gasteiger charge is -2.12. The Morgan fingerprint density at radius 2 is 1.47 bits per heavy atom. The Kier molecular flexibility index (Phi) is 9.30. The van der Waals surface area contributed by atoms with Crippen molar-refractivity contribution in [2.24, 2.45) is 5.92 Å². The van der Waals surface area contributed by atoms with Gasteiger partial charge in [0.25, 0.3) is 0 Å². The van der Waals surface area contributed by atoms with E-state index in [-0.39, 0.29) is 16.1 Å². The van der Waals surface area contributed by atoms with Crippen molar-refractivity contribution < 1.29 is 9.59 Å². The van der Waals surface area contributed by atoms with Crippen LogP contribution in [0.15, 0.2) is 0 Å². The standard InChI is InChI=1S/C11H20O2S2/c1-4-7-8-9(10(12)14-5-2)11(13)15-6-3/h9H,4-8H2,1-3H3. The first-order chi connectivity index (χ1) is 7.17. The van der Waals surface area contributed by atoms with Crippen molar-refractivity contribution in [2.45, 2.75) is 40.0 Å². The molecule has 0 saturated carbocycles. The van der Waals surface area contributed by atoms with Crippen LogP contribution in [-0.2, 0) is 9.59 Å². The molecule has 0 spiro atoms. The second-order valence-corrected chi connectivity index (χ2v) is 5.74. The van der Waals surface area contributed by atoms with E-state index in [2.05, 4.69) is 6.92 Å². The summed E-state index contributed by atoms with van der Waals surface area (Å²) >= 11 is 2.54. The molecular formula is C11H20O2S2. The Bertz CT molecular complexity index is 187. The third-order valence-electron chi connectivity index (χ3n) is 1.99. The van der Waals surface area contributed by atoms with Crippen molar-refractivity contribution in [3.05, 3.63) is 0 Å². The minimum absolute atomic E-state index is 0.0527. The summed E-state index contributed by atoms with van der Waals surface area (Å²) in [6.45, 7) is 5.96. The number of rotatable bonds is 7. The maximum absolute atomic E-state index is 11.7. The quantitative estimate of drug-likeness (QED) is 0.647. The molecule has 0 rings (SSSR count). The van der Waals surface area contributed by atoms with E-state index in [0.29, 0.717) is 6.42 Å². The molecule has 0 aliphatic rings. The van der Waals surface area contributed by atoms with Crippen LogP contribution < -0.4 is 0 Å². The minimum atomic E-state index is -0.375. The second kappa shape index (κ2) is 9.28. The minimum Gasteiger partial charge on any atom is -0.286 e. The fourth-order valence-corrected chi connectivity index (χ4v) is 2.72. The van der Waals surface area contributed by atoms with E-state index in [9.17, 15) is 9.59 Å². The number of carbonyl (C=O) groups is 2. The predicted octanol–water partition coefficient (Wildman–Crippen LogP) is 3.35. The first-order valence-corrected chi connectivity index (χ1v) is 7.47. The van der Waals surface area contributed by atoms with Gasteiger partial charge in [-0.25, -0.2) is 0 Å². The van der Waals surface area contributed by atoms with Crippen molar-refractivity contribution in [1.29, 1.82) is 0 Å². The SMILES string of the molecule is CCCCC(C(=O)SCC)C(=O)SCC. The van der Waals surface area contributed by atoms with E-state index >= 15 is 0 Å². The lowest BCUT2D eigenvalue weighted by atomic mass is 10.1. The fraction of sp³-hybridized carbons (Fsp3) is 0.818. The molecule has 2 nitrogen and oxygen atoms in total. The van der Waals surface area contributed by atoms with Crippen molar-refractivity contribution >= 4 is 33.8 Å². The highest BCUT2D eigenvalue weighted by Gasteiger charge is 2.25. The van der Waals surface area contributed by atoms with Crippen molar-refractivity contribution in [2.75, 3.05) is 11.5 Å². The van der Waals surface area contributed by atoms with Gasteiger partial charge in [-0.05, 0) is 17.9 Å². The lowest BCUT2D eigenvalue weighted by Crippen LogP contribution is -2.20. The Labute approximate surface area is 101 Å². The van der Waals surface area contributed by atoms with Crippen LogP contribution >= 0.6 is 23.5 Å². The summed E-state index contributed by atoms with van der Waals surface area (Å²) in [5, 5.41) is 0.105. The topological polar surface area (TPSA) is 34.1 Å². The highest BCUT2D eigenvalue weighted by Crippen LogP contribution is 2.23. The molecule has 88 valence electrons. The Hall–Kier alpha value is 0.0400. The zero-order valence-electron chi connectivity index (χ0n) is 9.75. The predicted molar refractivity (Wildman–Crippen MR) is 69.3 cm³/mol. The molecule has 0 aromatic heterocycles. The fourth-order valence-electron chi connectivity index (χ4n) is 1.23. The van der Waals surface area contributed by atoms with Crippen molar-refractivity contribution in [3.63, 3.8) is 0 Å². The Morgan fingerprint density at radius 1 is 1.00 bits per heavy atom. The molecule has 0 aromatic carbocycles. The van der Waals surface area contributed by atoms with Crippen molar-refractivity contribution in [1.82, 2.24) is 0 Å². The molecule has 0 N–H and O–H groups in total. The zero-order valence-corrected chi connectivity index (χ0v) is 11.4. The van der Waals surface area contributed by atoms with Crippen LogP contribution in [0.3, 0.4) is 0 Å². The number of thioether (sulfide) groups is 2. The Balaban J connectivity index is 4.28. The van der Waals surface area contributed by atoms with Crippen LogP contribution in [0.4, 0.5) is 0 Å². The van der Waals surface area contributed by atoms with Crippen LogP contribution in [-0.4, -0.2) is 21.7 Å². The first kappa shape index (κ1) is 15.0. The average molecular weight is 248 g/mol. The van der Waals surface area contributed by atoms with E-state index in [1.165, 1.54) is 23.5 Å². The normalized spacial score (nSPS) is 10.7. The van der Waals surface area contributed by atoms with Gasteiger partial charge in [0.1, 0.15) is 0 Å². The summed E-state index contributed by atoms with van der Waals surface area (Å²) in [5.74, 6) is 1.14.